The fourth-order valence-electron chi connectivity index (χ4n) is 3.14. The zero-order valence-electron chi connectivity index (χ0n) is 20.1. The lowest BCUT2D eigenvalue weighted by molar-refractivity contribution is 0.286. The van der Waals surface area contributed by atoms with Crippen LogP contribution in [-0.2, 0) is 6.54 Å². The zero-order valence-corrected chi connectivity index (χ0v) is 21.7. The molecule has 0 saturated carbocycles. The molecule has 11 heteroatoms. The highest BCUT2D eigenvalue weighted by atomic mass is 35.5. The molecule has 1 aliphatic rings. The molecule has 3 aromatic heterocycles. The third-order valence-corrected chi connectivity index (χ3v) is 5.25. The third-order valence-electron chi connectivity index (χ3n) is 4.50. The van der Waals surface area contributed by atoms with Gasteiger partial charge in [-0.1, -0.05) is 37.2 Å². The van der Waals surface area contributed by atoms with Crippen LogP contribution in [0.15, 0.2) is 41.9 Å². The Morgan fingerprint density at radius 3 is 2.59 bits per heavy atom. The number of nitrogens with one attached hydrogen (secondary N) is 3. The van der Waals surface area contributed by atoms with Gasteiger partial charge in [0.1, 0.15) is 11.3 Å². The molecule has 0 bridgehead atoms. The molecule has 0 amide bonds. The van der Waals surface area contributed by atoms with Crippen molar-refractivity contribution in [3.63, 3.8) is 0 Å². The average molecular weight is 503 g/mol. The first-order valence-electron chi connectivity index (χ1n) is 10.9. The van der Waals surface area contributed by atoms with Crippen LogP contribution in [0.3, 0.4) is 0 Å². The zero-order chi connectivity index (χ0) is 25.3. The Labute approximate surface area is 209 Å². The number of nitrogens with zero attached hydrogens (tertiary/aromatic N) is 5. The van der Waals surface area contributed by atoms with E-state index < -0.39 is 0 Å². The van der Waals surface area contributed by atoms with Gasteiger partial charge in [-0.2, -0.15) is 5.10 Å². The molecule has 0 spiro atoms. The fraction of sp³-hybridized carbons (Fsp3) is 0.391. The average Bonchev–Trinajstić information content (AvgIpc) is 3.16. The number of thioether (sulfide) groups is 1. The Balaban J connectivity index is 0.000000618. The van der Waals surface area contributed by atoms with Gasteiger partial charge in [-0.3, -0.25) is 20.1 Å². The summed E-state index contributed by atoms with van der Waals surface area (Å²) >= 11 is 7.40. The molecular formula is C23H31ClN8OS. The molecule has 3 N–H and O–H groups in total. The summed E-state index contributed by atoms with van der Waals surface area (Å²) in [6.07, 6.45) is 7.57. The fourth-order valence-corrected chi connectivity index (χ4v) is 3.65. The van der Waals surface area contributed by atoms with E-state index in [1.54, 1.807) is 49.3 Å². The van der Waals surface area contributed by atoms with Crippen molar-refractivity contribution in [3.8, 4) is 17.1 Å². The number of hydrogen-bond acceptors (Lipinski definition) is 8. The molecular weight excluding hydrogens is 472 g/mol. The molecule has 1 aliphatic heterocycles. The van der Waals surface area contributed by atoms with Gasteiger partial charge >= 0.3 is 0 Å². The predicted octanol–water partition coefficient (Wildman–Crippen LogP) is 4.99. The SMILES string of the molecule is CC.CC(C)=N.CSc1nccc(-c2cc3n(c(=N)c2)C(=N)C(Cn2cc(Cl)cn2)CCO3)n1. The molecule has 182 valence electrons. The normalized spacial score (nSPS) is 14.4. The van der Waals surface area contributed by atoms with Gasteiger partial charge in [-0.15, -0.1) is 0 Å². The summed E-state index contributed by atoms with van der Waals surface area (Å²) in [6, 6.07) is 5.32. The first-order valence-corrected chi connectivity index (χ1v) is 12.5. The molecule has 0 saturated heterocycles. The number of halogens is 1. The van der Waals surface area contributed by atoms with Crippen molar-refractivity contribution in [2.24, 2.45) is 5.92 Å². The van der Waals surface area contributed by atoms with Crippen molar-refractivity contribution in [1.29, 1.82) is 16.2 Å². The molecule has 0 aromatic carbocycles. The monoisotopic (exact) mass is 502 g/mol. The molecule has 1 unspecified atom stereocenters. The van der Waals surface area contributed by atoms with Crippen LogP contribution in [0.1, 0.15) is 34.1 Å². The van der Waals surface area contributed by atoms with Gasteiger partial charge in [0.15, 0.2) is 5.16 Å². The second kappa shape index (κ2) is 13.0. The number of rotatable bonds is 4. The van der Waals surface area contributed by atoms with Crippen LogP contribution in [0.4, 0.5) is 0 Å². The molecule has 0 radical (unpaired) electrons. The van der Waals surface area contributed by atoms with E-state index in [2.05, 4.69) is 15.1 Å². The van der Waals surface area contributed by atoms with Crippen molar-refractivity contribution in [2.45, 2.75) is 45.8 Å². The van der Waals surface area contributed by atoms with Crippen molar-refractivity contribution in [1.82, 2.24) is 24.3 Å². The quantitative estimate of drug-likeness (QED) is 0.263. The van der Waals surface area contributed by atoms with Gasteiger partial charge in [-0.25, -0.2) is 9.97 Å². The summed E-state index contributed by atoms with van der Waals surface area (Å²) in [4.78, 5) is 8.68. The lowest BCUT2D eigenvalue weighted by Gasteiger charge is -2.17. The van der Waals surface area contributed by atoms with E-state index >= 15 is 0 Å². The van der Waals surface area contributed by atoms with Crippen molar-refractivity contribution in [2.75, 3.05) is 12.9 Å². The van der Waals surface area contributed by atoms with E-state index in [1.165, 1.54) is 16.3 Å². The minimum Gasteiger partial charge on any atom is -0.478 e. The number of hydrogen-bond donors (Lipinski definition) is 3. The van der Waals surface area contributed by atoms with Crippen molar-refractivity contribution in [3.05, 3.63) is 47.3 Å². The van der Waals surface area contributed by atoms with E-state index in [0.29, 0.717) is 47.2 Å². The van der Waals surface area contributed by atoms with Crippen molar-refractivity contribution >= 4 is 34.9 Å². The Morgan fingerprint density at radius 1 is 1.26 bits per heavy atom. The first-order chi connectivity index (χ1) is 16.3. The summed E-state index contributed by atoms with van der Waals surface area (Å²) in [6.45, 7) is 8.45. The minimum absolute atomic E-state index is 0.140. The summed E-state index contributed by atoms with van der Waals surface area (Å²) in [5.74, 6) is 0.639. The molecule has 0 aliphatic carbocycles. The van der Waals surface area contributed by atoms with Gasteiger partial charge in [0.25, 0.3) is 0 Å². The maximum Gasteiger partial charge on any atom is 0.201 e. The summed E-state index contributed by atoms with van der Waals surface area (Å²) in [5, 5.41) is 29.1. The highest BCUT2D eigenvalue weighted by Crippen LogP contribution is 2.25. The molecule has 3 aromatic rings. The highest BCUT2D eigenvalue weighted by molar-refractivity contribution is 7.98. The van der Waals surface area contributed by atoms with Crippen LogP contribution in [0.2, 0.25) is 5.02 Å². The number of pyridine rings is 1. The topological polar surface area (TPSA) is 129 Å². The number of aromatic nitrogens is 5. The minimum atomic E-state index is -0.140. The smallest absolute Gasteiger partial charge is 0.201 e. The van der Waals surface area contributed by atoms with E-state index in [9.17, 15) is 0 Å². The highest BCUT2D eigenvalue weighted by Gasteiger charge is 2.25. The molecule has 1 atom stereocenters. The van der Waals surface area contributed by atoms with E-state index in [1.807, 2.05) is 26.2 Å². The maximum absolute atomic E-state index is 8.66. The summed E-state index contributed by atoms with van der Waals surface area (Å²) in [5.41, 5.74) is 2.32. The first kappa shape index (κ1) is 27.3. The van der Waals surface area contributed by atoms with Crippen LogP contribution in [0.25, 0.3) is 11.3 Å². The van der Waals surface area contributed by atoms with E-state index in [-0.39, 0.29) is 11.4 Å². The molecule has 34 heavy (non-hydrogen) atoms. The lowest BCUT2D eigenvalue weighted by atomic mass is 10.0. The Bertz CT molecular complexity index is 1190. The summed E-state index contributed by atoms with van der Waals surface area (Å²) in [7, 11) is 0. The second-order valence-corrected chi connectivity index (χ2v) is 8.54. The Kier molecular flexibility index (Phi) is 10.5. The Morgan fingerprint density at radius 2 is 1.97 bits per heavy atom. The van der Waals surface area contributed by atoms with Gasteiger partial charge in [-0.05, 0) is 38.7 Å². The van der Waals surface area contributed by atoms with Crippen LogP contribution in [0.5, 0.6) is 5.88 Å². The molecule has 4 heterocycles. The predicted molar refractivity (Wildman–Crippen MR) is 137 cm³/mol. The van der Waals surface area contributed by atoms with Crippen LogP contribution in [-0.4, -0.2) is 48.7 Å². The number of fused-ring (bicyclic) bond motifs is 1. The van der Waals surface area contributed by atoms with Gasteiger partial charge in [0.05, 0.1) is 30.1 Å². The standard InChI is InChI=1S/C18H18ClN7OS.C3H7N.C2H6/c1-28-18-22-4-2-14(24-18)12-6-15(20)26-16(7-12)27-5-3-11(17(26)21)9-25-10-13(19)8-23-25;1-3(2)4;1-2/h2,4,6-8,10-11,20-21H,3,5,9H2,1H3;4H,1-2H3;1-2H3. The largest absolute Gasteiger partial charge is 0.478 e. The van der Waals surface area contributed by atoms with Gasteiger partial charge in [0, 0.05) is 35.7 Å². The third kappa shape index (κ3) is 7.26. The molecule has 9 nitrogen and oxygen atoms in total. The maximum atomic E-state index is 8.66. The van der Waals surface area contributed by atoms with Gasteiger partial charge in [0.2, 0.25) is 5.88 Å². The van der Waals surface area contributed by atoms with Crippen LogP contribution >= 0.6 is 23.4 Å². The molecule has 4 rings (SSSR count). The summed E-state index contributed by atoms with van der Waals surface area (Å²) < 4.78 is 9.14. The molecule has 0 fully saturated rings. The second-order valence-electron chi connectivity index (χ2n) is 7.33. The van der Waals surface area contributed by atoms with Gasteiger partial charge < -0.3 is 10.1 Å². The van der Waals surface area contributed by atoms with Crippen molar-refractivity contribution < 1.29 is 4.74 Å². The number of ether oxygens (including phenoxy) is 1. The Hall–Kier alpha value is -2.98. The van der Waals surface area contributed by atoms with E-state index in [4.69, 9.17) is 32.6 Å². The van der Waals surface area contributed by atoms with Crippen LogP contribution < -0.4 is 10.2 Å². The van der Waals surface area contributed by atoms with Crippen LogP contribution in [0, 0.1) is 22.1 Å². The van der Waals surface area contributed by atoms with E-state index in [0.717, 1.165) is 11.3 Å². The lowest BCUT2D eigenvalue weighted by Crippen LogP contribution is -2.32.